The summed E-state index contributed by atoms with van der Waals surface area (Å²) < 4.78 is 0. The first-order valence-corrected chi connectivity index (χ1v) is 20.3. The fourth-order valence-electron chi connectivity index (χ4n) is 6.00. The van der Waals surface area contributed by atoms with Crippen LogP contribution in [0.4, 0.5) is 0 Å². The fraction of sp³-hybridized carbons (Fsp3) is 0.791. The first-order chi connectivity index (χ1) is 23.2. The zero-order chi connectivity index (χ0) is 34.3. The molecule has 2 atom stereocenters. The van der Waals surface area contributed by atoms with E-state index in [1.807, 2.05) is 0 Å². The van der Waals surface area contributed by atoms with E-state index in [4.69, 9.17) is 0 Å². The van der Waals surface area contributed by atoms with Gasteiger partial charge in [-0.3, -0.25) is 4.79 Å². The molecule has 0 spiro atoms. The van der Waals surface area contributed by atoms with E-state index in [0.717, 1.165) is 51.4 Å². The highest BCUT2D eigenvalue weighted by molar-refractivity contribution is 5.76. The molecule has 0 bridgehead atoms. The van der Waals surface area contributed by atoms with E-state index in [-0.39, 0.29) is 12.5 Å². The average Bonchev–Trinajstić information content (AvgIpc) is 3.07. The van der Waals surface area contributed by atoms with Gasteiger partial charge in [-0.2, -0.15) is 0 Å². The minimum Gasteiger partial charge on any atom is -0.394 e. The van der Waals surface area contributed by atoms with Crippen molar-refractivity contribution >= 4 is 5.91 Å². The molecule has 1 amide bonds. The largest absolute Gasteiger partial charge is 0.394 e. The smallest absolute Gasteiger partial charge is 0.220 e. The van der Waals surface area contributed by atoms with Gasteiger partial charge in [-0.15, -0.1) is 0 Å². The maximum atomic E-state index is 12.3. The minimum absolute atomic E-state index is 0.0372. The van der Waals surface area contributed by atoms with Crippen molar-refractivity contribution in [1.29, 1.82) is 0 Å². The Labute approximate surface area is 293 Å². The van der Waals surface area contributed by atoms with Gasteiger partial charge in [-0.05, 0) is 51.4 Å². The number of rotatable bonds is 36. The van der Waals surface area contributed by atoms with Gasteiger partial charge in [0.15, 0.2) is 0 Å². The van der Waals surface area contributed by atoms with Gasteiger partial charge in [-0.1, -0.05) is 191 Å². The molecule has 0 fully saturated rings. The molecule has 0 heterocycles. The van der Waals surface area contributed by atoms with Gasteiger partial charge in [0, 0.05) is 6.42 Å². The van der Waals surface area contributed by atoms with Crippen molar-refractivity contribution in [1.82, 2.24) is 5.32 Å². The molecule has 2 unspecified atom stereocenters. The van der Waals surface area contributed by atoms with Gasteiger partial charge in [0.2, 0.25) is 5.91 Å². The van der Waals surface area contributed by atoms with Gasteiger partial charge in [0.25, 0.3) is 0 Å². The van der Waals surface area contributed by atoms with Gasteiger partial charge in [0.1, 0.15) is 0 Å². The van der Waals surface area contributed by atoms with Crippen LogP contribution in [0.1, 0.15) is 200 Å². The Morgan fingerprint density at radius 2 is 0.936 bits per heavy atom. The van der Waals surface area contributed by atoms with E-state index in [9.17, 15) is 15.0 Å². The lowest BCUT2D eigenvalue weighted by Gasteiger charge is -2.22. The second-order valence-corrected chi connectivity index (χ2v) is 13.7. The molecule has 4 heteroatoms. The Hall–Kier alpha value is -1.65. The molecule has 0 aromatic carbocycles. The molecule has 0 saturated heterocycles. The number of amides is 1. The van der Waals surface area contributed by atoms with Crippen molar-refractivity contribution in [3.63, 3.8) is 0 Å². The summed E-state index contributed by atoms with van der Waals surface area (Å²) in [5.74, 6) is -0.0372. The van der Waals surface area contributed by atoms with Crippen LogP contribution < -0.4 is 5.32 Å². The number of hydrogen-bond acceptors (Lipinski definition) is 3. The summed E-state index contributed by atoms with van der Waals surface area (Å²) in [4.78, 5) is 12.3. The number of carbonyl (C=O) groups is 1. The highest BCUT2D eigenvalue weighted by atomic mass is 16.3. The van der Waals surface area contributed by atoms with E-state index in [2.05, 4.69) is 67.8 Å². The van der Waals surface area contributed by atoms with Crippen molar-refractivity contribution in [3.8, 4) is 0 Å². The highest BCUT2D eigenvalue weighted by Crippen LogP contribution is 2.15. The van der Waals surface area contributed by atoms with Crippen LogP contribution in [0.15, 0.2) is 48.6 Å². The SMILES string of the molecule is CC/C=C\C/C=C\C/C=C\C/C=C\CCCCCCCCCCCCCCCCC(=O)NC(CO)C(O)CCCCCCCCCC. The van der Waals surface area contributed by atoms with Crippen LogP contribution in [0.5, 0.6) is 0 Å². The standard InChI is InChI=1S/C43H79NO3/c1-3-5-7-9-11-13-14-15-16-17-18-19-20-21-22-23-24-25-26-27-28-29-30-31-33-35-37-39-43(47)44-41(40-45)42(46)38-36-34-32-12-10-8-6-4-2/h5,7,11,13,15-16,18-19,41-42,45-46H,3-4,6,8-10,12,14,17,20-40H2,1-2H3,(H,44,47)/b7-5-,13-11-,16-15-,19-18-. The van der Waals surface area contributed by atoms with Crippen LogP contribution in [0.3, 0.4) is 0 Å². The molecule has 47 heavy (non-hydrogen) atoms. The number of carbonyl (C=O) groups excluding carboxylic acids is 1. The topological polar surface area (TPSA) is 69.6 Å². The Kier molecular flexibility index (Phi) is 37.4. The third kappa shape index (κ3) is 35.5. The summed E-state index contributed by atoms with van der Waals surface area (Å²) in [6, 6.07) is -0.534. The third-order valence-corrected chi connectivity index (χ3v) is 9.10. The zero-order valence-electron chi connectivity index (χ0n) is 31.3. The van der Waals surface area contributed by atoms with E-state index in [1.165, 1.54) is 122 Å². The molecule has 0 aliphatic heterocycles. The molecule has 0 aliphatic rings. The maximum absolute atomic E-state index is 12.3. The quantitative estimate of drug-likeness (QED) is 0.0464. The summed E-state index contributed by atoms with van der Waals surface area (Å²) in [5.41, 5.74) is 0. The van der Waals surface area contributed by atoms with E-state index >= 15 is 0 Å². The Bertz CT molecular complexity index is 756. The maximum Gasteiger partial charge on any atom is 0.220 e. The lowest BCUT2D eigenvalue weighted by Crippen LogP contribution is -2.45. The monoisotopic (exact) mass is 658 g/mol. The summed E-state index contributed by atoms with van der Waals surface area (Å²) in [6.45, 7) is 4.21. The van der Waals surface area contributed by atoms with Crippen molar-refractivity contribution < 1.29 is 15.0 Å². The predicted molar refractivity (Wildman–Crippen MR) is 207 cm³/mol. The van der Waals surface area contributed by atoms with E-state index in [0.29, 0.717) is 12.8 Å². The number of nitrogens with one attached hydrogen (secondary N) is 1. The summed E-state index contributed by atoms with van der Waals surface area (Å²) in [5, 5.41) is 23.0. The van der Waals surface area contributed by atoms with Crippen LogP contribution in [0.2, 0.25) is 0 Å². The second kappa shape index (κ2) is 38.8. The molecule has 4 nitrogen and oxygen atoms in total. The predicted octanol–water partition coefficient (Wildman–Crippen LogP) is 12.4. The van der Waals surface area contributed by atoms with Gasteiger partial charge in [0.05, 0.1) is 18.8 Å². The van der Waals surface area contributed by atoms with Crippen LogP contribution in [0, 0.1) is 0 Å². The van der Waals surface area contributed by atoms with Crippen molar-refractivity contribution in [2.45, 2.75) is 212 Å². The third-order valence-electron chi connectivity index (χ3n) is 9.10. The number of aliphatic hydroxyl groups is 2. The van der Waals surface area contributed by atoms with Crippen LogP contribution in [-0.2, 0) is 4.79 Å². The molecular weight excluding hydrogens is 578 g/mol. The molecular formula is C43H79NO3. The van der Waals surface area contributed by atoms with E-state index in [1.54, 1.807) is 0 Å². The number of aliphatic hydroxyl groups excluding tert-OH is 2. The molecule has 0 rings (SSSR count). The summed E-state index contributed by atoms with van der Waals surface area (Å²) >= 11 is 0. The molecule has 0 aromatic heterocycles. The minimum atomic E-state index is -0.656. The van der Waals surface area contributed by atoms with Crippen molar-refractivity contribution in [2.75, 3.05) is 6.61 Å². The lowest BCUT2D eigenvalue weighted by molar-refractivity contribution is -0.123. The first-order valence-electron chi connectivity index (χ1n) is 20.3. The van der Waals surface area contributed by atoms with Gasteiger partial charge < -0.3 is 15.5 Å². The zero-order valence-corrected chi connectivity index (χ0v) is 31.3. The summed E-state index contributed by atoms with van der Waals surface area (Å²) in [7, 11) is 0. The van der Waals surface area contributed by atoms with Crippen molar-refractivity contribution in [3.05, 3.63) is 48.6 Å². The molecule has 0 radical (unpaired) electrons. The Morgan fingerprint density at radius 3 is 1.40 bits per heavy atom. The number of allylic oxidation sites excluding steroid dienone is 8. The molecule has 0 aromatic rings. The summed E-state index contributed by atoms with van der Waals surface area (Å²) in [6.07, 6.45) is 51.9. The lowest BCUT2D eigenvalue weighted by atomic mass is 10.0. The van der Waals surface area contributed by atoms with Gasteiger partial charge in [-0.25, -0.2) is 0 Å². The fourth-order valence-corrected chi connectivity index (χ4v) is 6.00. The molecule has 3 N–H and O–H groups in total. The highest BCUT2D eigenvalue weighted by Gasteiger charge is 2.19. The van der Waals surface area contributed by atoms with Crippen LogP contribution in [-0.4, -0.2) is 34.9 Å². The number of unbranched alkanes of at least 4 members (excludes halogenated alkanes) is 21. The molecule has 0 aliphatic carbocycles. The van der Waals surface area contributed by atoms with E-state index < -0.39 is 12.1 Å². The van der Waals surface area contributed by atoms with Crippen molar-refractivity contribution in [2.24, 2.45) is 0 Å². The molecule has 274 valence electrons. The van der Waals surface area contributed by atoms with Crippen LogP contribution in [0.25, 0.3) is 0 Å². The Morgan fingerprint density at radius 1 is 0.532 bits per heavy atom. The normalized spacial score (nSPS) is 13.5. The average molecular weight is 658 g/mol. The number of hydrogen-bond donors (Lipinski definition) is 3. The first kappa shape index (κ1) is 45.3. The second-order valence-electron chi connectivity index (χ2n) is 13.7. The Balaban J connectivity index is 3.47. The molecule has 0 saturated carbocycles. The van der Waals surface area contributed by atoms with Gasteiger partial charge >= 0.3 is 0 Å². The van der Waals surface area contributed by atoms with Crippen LogP contribution >= 0.6 is 0 Å².